The Kier molecular flexibility index (Phi) is 6.10. The molecule has 2 bridgehead atoms. The van der Waals surface area contributed by atoms with Crippen molar-refractivity contribution in [2.75, 3.05) is 13.1 Å². The lowest BCUT2D eigenvalue weighted by Gasteiger charge is -2.51. The number of nitrogens with zero attached hydrogens (tertiary/aromatic N) is 2. The number of nitrogens with one attached hydrogen (secondary N) is 1. The van der Waals surface area contributed by atoms with Gasteiger partial charge >= 0.3 is 0 Å². The first-order valence-electron chi connectivity index (χ1n) is 10.8. The van der Waals surface area contributed by atoms with Crippen molar-refractivity contribution in [1.82, 2.24) is 15.2 Å². The predicted octanol–water partition coefficient (Wildman–Crippen LogP) is 4.04. The standard InChI is InChI=1S/C25H31N3O/c1-18(2)21-8-5-19(6-9-21)7-10-24(29)27-25-22-11-14-28(15-12-22)23(25)16-20-4-3-13-26-17-20/h3-10,13,17-18,22-23,25H,11-12,14-16H2,1-2H3,(H,27,29)/b10-7+. The zero-order valence-electron chi connectivity index (χ0n) is 17.4. The van der Waals surface area contributed by atoms with E-state index < -0.39 is 0 Å². The first-order chi connectivity index (χ1) is 14.1. The maximum atomic E-state index is 12.7. The highest BCUT2D eigenvalue weighted by Crippen LogP contribution is 2.34. The molecule has 152 valence electrons. The average Bonchev–Trinajstić information content (AvgIpc) is 2.75. The minimum atomic E-state index is 0.00729. The van der Waals surface area contributed by atoms with Crippen LogP contribution in [0.3, 0.4) is 0 Å². The van der Waals surface area contributed by atoms with E-state index in [9.17, 15) is 4.79 Å². The number of piperidine rings is 3. The maximum absolute atomic E-state index is 12.7. The molecule has 4 nitrogen and oxygen atoms in total. The summed E-state index contributed by atoms with van der Waals surface area (Å²) < 4.78 is 0. The van der Waals surface area contributed by atoms with Crippen LogP contribution in [0.5, 0.6) is 0 Å². The molecule has 0 spiro atoms. The molecule has 2 unspecified atom stereocenters. The summed E-state index contributed by atoms with van der Waals surface area (Å²) in [6.07, 6.45) is 10.6. The van der Waals surface area contributed by atoms with Crippen LogP contribution in [0.4, 0.5) is 0 Å². The van der Waals surface area contributed by atoms with Crippen molar-refractivity contribution in [2.45, 2.75) is 51.1 Å². The number of amides is 1. The van der Waals surface area contributed by atoms with E-state index in [1.807, 2.05) is 24.5 Å². The van der Waals surface area contributed by atoms with Gasteiger partial charge in [-0.05, 0) is 73.0 Å². The summed E-state index contributed by atoms with van der Waals surface area (Å²) in [5.41, 5.74) is 3.62. The van der Waals surface area contributed by atoms with Crippen molar-refractivity contribution in [3.63, 3.8) is 0 Å². The first kappa shape index (κ1) is 19.8. The largest absolute Gasteiger partial charge is 0.348 e. The summed E-state index contributed by atoms with van der Waals surface area (Å²) >= 11 is 0. The van der Waals surface area contributed by atoms with Gasteiger partial charge in [-0.3, -0.25) is 14.7 Å². The number of benzene rings is 1. The van der Waals surface area contributed by atoms with Crippen molar-refractivity contribution in [3.8, 4) is 0 Å². The molecule has 4 heteroatoms. The molecule has 3 fully saturated rings. The summed E-state index contributed by atoms with van der Waals surface area (Å²) in [6.45, 7) is 6.66. The third-order valence-electron chi connectivity index (χ3n) is 6.47. The molecule has 1 aromatic carbocycles. The van der Waals surface area contributed by atoms with Gasteiger partial charge in [0.05, 0.1) is 0 Å². The van der Waals surface area contributed by atoms with Crippen molar-refractivity contribution < 1.29 is 4.79 Å². The molecular weight excluding hydrogens is 358 g/mol. The molecule has 2 atom stereocenters. The number of carbonyl (C=O) groups excluding carboxylic acids is 1. The summed E-state index contributed by atoms with van der Waals surface area (Å²) in [7, 11) is 0. The van der Waals surface area contributed by atoms with Crippen LogP contribution in [0.25, 0.3) is 6.08 Å². The molecule has 0 aliphatic carbocycles. The molecule has 3 aliphatic heterocycles. The van der Waals surface area contributed by atoms with Crippen molar-refractivity contribution in [3.05, 3.63) is 71.6 Å². The van der Waals surface area contributed by atoms with E-state index in [0.29, 0.717) is 17.9 Å². The molecule has 3 saturated heterocycles. The quantitative estimate of drug-likeness (QED) is 0.759. The molecule has 29 heavy (non-hydrogen) atoms. The lowest BCUT2D eigenvalue weighted by molar-refractivity contribution is -0.119. The highest BCUT2D eigenvalue weighted by atomic mass is 16.1. The Morgan fingerprint density at radius 2 is 1.97 bits per heavy atom. The molecule has 3 aliphatic rings. The normalized spacial score (nSPS) is 26.2. The zero-order chi connectivity index (χ0) is 20.2. The minimum absolute atomic E-state index is 0.00729. The van der Waals surface area contributed by atoms with Gasteiger partial charge < -0.3 is 5.32 Å². The summed E-state index contributed by atoms with van der Waals surface area (Å²) in [4.78, 5) is 19.5. The second-order valence-electron chi connectivity index (χ2n) is 8.70. The van der Waals surface area contributed by atoms with E-state index in [-0.39, 0.29) is 11.9 Å². The van der Waals surface area contributed by atoms with Gasteiger partial charge in [-0.15, -0.1) is 0 Å². The third kappa shape index (κ3) is 4.76. The zero-order valence-corrected chi connectivity index (χ0v) is 17.4. The van der Waals surface area contributed by atoms with Crippen LogP contribution in [0.2, 0.25) is 0 Å². The molecule has 4 heterocycles. The van der Waals surface area contributed by atoms with E-state index in [0.717, 1.165) is 25.1 Å². The fourth-order valence-corrected chi connectivity index (χ4v) is 4.76. The van der Waals surface area contributed by atoms with Gasteiger partial charge in [-0.25, -0.2) is 0 Å². The fraction of sp³-hybridized carbons (Fsp3) is 0.440. The number of aromatic nitrogens is 1. The second kappa shape index (κ2) is 8.91. The van der Waals surface area contributed by atoms with Gasteiger partial charge in [0.15, 0.2) is 0 Å². The van der Waals surface area contributed by atoms with Crippen molar-refractivity contribution in [2.24, 2.45) is 5.92 Å². The molecule has 1 N–H and O–H groups in total. The van der Waals surface area contributed by atoms with Crippen LogP contribution in [0.1, 0.15) is 49.3 Å². The van der Waals surface area contributed by atoms with E-state index in [1.165, 1.54) is 24.0 Å². The molecular formula is C25H31N3O. The number of fused-ring (bicyclic) bond motifs is 3. The number of carbonyl (C=O) groups is 1. The van der Waals surface area contributed by atoms with Gasteiger partial charge in [0.25, 0.3) is 0 Å². The molecule has 0 radical (unpaired) electrons. The van der Waals surface area contributed by atoms with E-state index in [1.54, 1.807) is 6.08 Å². The Bertz CT molecular complexity index is 836. The SMILES string of the molecule is CC(C)c1ccc(/C=C/C(=O)NC2C3CCN(CC3)C2Cc2cccnc2)cc1. The van der Waals surface area contributed by atoms with E-state index >= 15 is 0 Å². The van der Waals surface area contributed by atoms with Crippen molar-refractivity contribution in [1.29, 1.82) is 0 Å². The fourth-order valence-electron chi connectivity index (χ4n) is 4.76. The van der Waals surface area contributed by atoms with Gasteiger partial charge in [-0.1, -0.05) is 44.2 Å². The summed E-state index contributed by atoms with van der Waals surface area (Å²) in [5.74, 6) is 1.10. The predicted molar refractivity (Wildman–Crippen MR) is 118 cm³/mol. The lowest BCUT2D eigenvalue weighted by Crippen LogP contribution is -2.64. The molecule has 0 saturated carbocycles. The van der Waals surface area contributed by atoms with Crippen LogP contribution in [0, 0.1) is 5.92 Å². The topological polar surface area (TPSA) is 45.2 Å². The second-order valence-corrected chi connectivity index (χ2v) is 8.70. The van der Waals surface area contributed by atoms with Gasteiger partial charge in [-0.2, -0.15) is 0 Å². The first-order valence-corrected chi connectivity index (χ1v) is 10.8. The monoisotopic (exact) mass is 389 g/mol. The van der Waals surface area contributed by atoms with E-state index in [4.69, 9.17) is 0 Å². The van der Waals surface area contributed by atoms with Gasteiger partial charge in [0.1, 0.15) is 0 Å². The third-order valence-corrected chi connectivity index (χ3v) is 6.47. The van der Waals surface area contributed by atoms with Crippen LogP contribution in [-0.4, -0.2) is 41.0 Å². The number of hydrogen-bond acceptors (Lipinski definition) is 3. The average molecular weight is 390 g/mol. The summed E-state index contributed by atoms with van der Waals surface area (Å²) in [6, 6.07) is 13.1. The number of rotatable bonds is 6. The Hall–Kier alpha value is -2.46. The molecule has 5 rings (SSSR count). The highest BCUT2D eigenvalue weighted by Gasteiger charge is 2.42. The Labute approximate surface area is 174 Å². The van der Waals surface area contributed by atoms with Gasteiger partial charge in [0.2, 0.25) is 5.91 Å². The Morgan fingerprint density at radius 3 is 2.62 bits per heavy atom. The Morgan fingerprint density at radius 1 is 1.21 bits per heavy atom. The Balaban J connectivity index is 1.42. The lowest BCUT2D eigenvalue weighted by atomic mass is 9.77. The molecule has 2 aromatic rings. The highest BCUT2D eigenvalue weighted by molar-refractivity contribution is 5.92. The summed E-state index contributed by atoms with van der Waals surface area (Å²) in [5, 5.41) is 3.33. The maximum Gasteiger partial charge on any atom is 0.244 e. The van der Waals surface area contributed by atoms with Crippen LogP contribution < -0.4 is 5.32 Å². The minimum Gasteiger partial charge on any atom is -0.348 e. The van der Waals surface area contributed by atoms with Gasteiger partial charge in [0, 0.05) is 30.6 Å². The molecule has 1 aromatic heterocycles. The van der Waals surface area contributed by atoms with Crippen LogP contribution >= 0.6 is 0 Å². The smallest absolute Gasteiger partial charge is 0.244 e. The van der Waals surface area contributed by atoms with Crippen LogP contribution in [-0.2, 0) is 11.2 Å². The van der Waals surface area contributed by atoms with Crippen LogP contribution in [0.15, 0.2) is 54.9 Å². The molecule has 1 amide bonds. The van der Waals surface area contributed by atoms with Crippen molar-refractivity contribution >= 4 is 12.0 Å². The number of hydrogen-bond donors (Lipinski definition) is 1. The number of pyridine rings is 1. The van der Waals surface area contributed by atoms with E-state index in [2.05, 4.69) is 59.4 Å².